The molecule has 8 nitrogen and oxygen atoms in total. The molecule has 0 radical (unpaired) electrons. The molecule has 0 aromatic heterocycles. The minimum absolute atomic E-state index is 0.154. The number of hydrogen-bond donors (Lipinski definition) is 4. The van der Waals surface area contributed by atoms with E-state index in [2.05, 4.69) is 5.32 Å². The summed E-state index contributed by atoms with van der Waals surface area (Å²) in [4.78, 5) is 10.5. The zero-order valence-electron chi connectivity index (χ0n) is 11.6. The first kappa shape index (κ1) is 15.6. The number of anilines is 1. The molecule has 0 amide bonds. The van der Waals surface area contributed by atoms with Gasteiger partial charge in [0.15, 0.2) is 6.23 Å². The van der Waals surface area contributed by atoms with Crippen molar-refractivity contribution in [2.45, 2.75) is 44.5 Å². The SMILES string of the molecule is Cc1ccc(N[C@@H]2O[C@H](C)[C@H](O)[C@@H](O)[C@H]2O)c([N+](=O)[O-])c1. The first-order valence-corrected chi connectivity index (χ1v) is 6.52. The van der Waals surface area contributed by atoms with E-state index >= 15 is 0 Å². The molecule has 0 aliphatic carbocycles. The van der Waals surface area contributed by atoms with Gasteiger partial charge in [-0.2, -0.15) is 0 Å². The van der Waals surface area contributed by atoms with Crippen LogP contribution in [0.5, 0.6) is 0 Å². The second kappa shape index (κ2) is 5.94. The van der Waals surface area contributed by atoms with Gasteiger partial charge in [-0.3, -0.25) is 10.1 Å². The largest absolute Gasteiger partial charge is 0.388 e. The van der Waals surface area contributed by atoms with Crippen LogP contribution in [-0.2, 0) is 4.74 Å². The topological polar surface area (TPSA) is 125 Å². The van der Waals surface area contributed by atoms with Gasteiger partial charge in [-0.15, -0.1) is 0 Å². The molecule has 0 spiro atoms. The highest BCUT2D eigenvalue weighted by molar-refractivity contribution is 5.62. The monoisotopic (exact) mass is 298 g/mol. The van der Waals surface area contributed by atoms with Crippen molar-refractivity contribution in [3.63, 3.8) is 0 Å². The van der Waals surface area contributed by atoms with Gasteiger partial charge in [-0.1, -0.05) is 6.07 Å². The molecule has 2 rings (SSSR count). The van der Waals surface area contributed by atoms with Crippen molar-refractivity contribution < 1.29 is 25.0 Å². The fraction of sp³-hybridized carbons (Fsp3) is 0.538. The Balaban J connectivity index is 2.24. The van der Waals surface area contributed by atoms with Crippen molar-refractivity contribution in [1.82, 2.24) is 0 Å². The van der Waals surface area contributed by atoms with E-state index < -0.39 is 35.6 Å². The van der Waals surface area contributed by atoms with Crippen LogP contribution in [0.2, 0.25) is 0 Å². The molecule has 4 N–H and O–H groups in total. The van der Waals surface area contributed by atoms with Crippen LogP contribution in [0.3, 0.4) is 0 Å². The van der Waals surface area contributed by atoms with Gasteiger partial charge in [0, 0.05) is 6.07 Å². The third-order valence-corrected chi connectivity index (χ3v) is 3.50. The fourth-order valence-corrected chi connectivity index (χ4v) is 2.24. The van der Waals surface area contributed by atoms with Crippen LogP contribution in [0.15, 0.2) is 18.2 Å². The van der Waals surface area contributed by atoms with Crippen molar-refractivity contribution in [1.29, 1.82) is 0 Å². The number of aliphatic hydroxyl groups is 3. The maximum atomic E-state index is 11.1. The molecule has 1 heterocycles. The van der Waals surface area contributed by atoms with E-state index in [1.165, 1.54) is 19.1 Å². The summed E-state index contributed by atoms with van der Waals surface area (Å²) < 4.78 is 5.36. The van der Waals surface area contributed by atoms with E-state index in [4.69, 9.17) is 4.74 Å². The number of ether oxygens (including phenoxy) is 1. The number of hydrogen-bond acceptors (Lipinski definition) is 7. The Morgan fingerprint density at radius 3 is 2.52 bits per heavy atom. The van der Waals surface area contributed by atoms with Crippen molar-refractivity contribution in [3.8, 4) is 0 Å². The van der Waals surface area contributed by atoms with Crippen LogP contribution in [0.25, 0.3) is 0 Å². The fourth-order valence-electron chi connectivity index (χ4n) is 2.24. The summed E-state index contributed by atoms with van der Waals surface area (Å²) in [6.45, 7) is 3.27. The van der Waals surface area contributed by atoms with Gasteiger partial charge in [0.2, 0.25) is 0 Å². The Morgan fingerprint density at radius 1 is 1.24 bits per heavy atom. The Kier molecular flexibility index (Phi) is 4.43. The highest BCUT2D eigenvalue weighted by Gasteiger charge is 2.42. The maximum absolute atomic E-state index is 11.1. The molecule has 0 saturated carbocycles. The second-order valence-electron chi connectivity index (χ2n) is 5.16. The van der Waals surface area contributed by atoms with E-state index in [0.717, 1.165) is 5.56 Å². The van der Waals surface area contributed by atoms with Crippen LogP contribution in [0.4, 0.5) is 11.4 Å². The van der Waals surface area contributed by atoms with E-state index in [1.807, 2.05) is 0 Å². The molecule has 1 aromatic carbocycles. The number of aryl methyl sites for hydroxylation is 1. The molecule has 5 atom stereocenters. The van der Waals surface area contributed by atoms with E-state index in [9.17, 15) is 25.4 Å². The van der Waals surface area contributed by atoms with Crippen LogP contribution in [-0.4, -0.2) is 50.9 Å². The first-order valence-electron chi connectivity index (χ1n) is 6.52. The predicted molar refractivity (Wildman–Crippen MR) is 73.8 cm³/mol. The highest BCUT2D eigenvalue weighted by Crippen LogP contribution is 2.29. The molecule has 8 heteroatoms. The number of nitrogens with one attached hydrogen (secondary N) is 1. The molecule has 1 aliphatic rings. The van der Waals surface area contributed by atoms with Crippen LogP contribution < -0.4 is 5.32 Å². The lowest BCUT2D eigenvalue weighted by atomic mass is 9.99. The van der Waals surface area contributed by atoms with Crippen molar-refractivity contribution >= 4 is 11.4 Å². The molecule has 1 fully saturated rings. The summed E-state index contributed by atoms with van der Waals surface area (Å²) in [5.41, 5.74) is 0.741. The zero-order valence-corrected chi connectivity index (χ0v) is 11.6. The van der Waals surface area contributed by atoms with Crippen molar-refractivity contribution in [2.24, 2.45) is 0 Å². The second-order valence-corrected chi connectivity index (χ2v) is 5.16. The molecule has 116 valence electrons. The normalized spacial score (nSPS) is 32.7. The average Bonchev–Trinajstić information content (AvgIpc) is 2.44. The third-order valence-electron chi connectivity index (χ3n) is 3.50. The standard InChI is InChI=1S/C13H18N2O6/c1-6-3-4-8(9(5-6)15(19)20)14-13-12(18)11(17)10(16)7(2)21-13/h3-5,7,10-14,16-18H,1-2H3/t7-,10+,11-,12-,13-/m1/s1. The Morgan fingerprint density at radius 2 is 1.90 bits per heavy atom. The van der Waals surface area contributed by atoms with Crippen molar-refractivity contribution in [2.75, 3.05) is 5.32 Å². The summed E-state index contributed by atoms with van der Waals surface area (Å²) in [6.07, 6.45) is -5.79. The third kappa shape index (κ3) is 3.13. The number of nitro groups is 1. The zero-order chi connectivity index (χ0) is 15.7. The maximum Gasteiger partial charge on any atom is 0.292 e. The molecule has 21 heavy (non-hydrogen) atoms. The van der Waals surface area contributed by atoms with Crippen molar-refractivity contribution in [3.05, 3.63) is 33.9 Å². The summed E-state index contributed by atoms with van der Waals surface area (Å²) in [6, 6.07) is 4.58. The summed E-state index contributed by atoms with van der Waals surface area (Å²) >= 11 is 0. The quantitative estimate of drug-likeness (QED) is 0.462. The van der Waals surface area contributed by atoms with E-state index in [0.29, 0.717) is 0 Å². The van der Waals surface area contributed by atoms with Crippen LogP contribution >= 0.6 is 0 Å². The summed E-state index contributed by atoms with van der Waals surface area (Å²) in [5, 5.41) is 43.0. The molecule has 1 saturated heterocycles. The van der Waals surface area contributed by atoms with Gasteiger partial charge >= 0.3 is 0 Å². The molecule has 0 bridgehead atoms. The number of nitro benzene ring substituents is 1. The van der Waals surface area contributed by atoms with Gasteiger partial charge < -0.3 is 25.4 Å². The number of aliphatic hydroxyl groups excluding tert-OH is 3. The van der Waals surface area contributed by atoms with Crippen LogP contribution in [0.1, 0.15) is 12.5 Å². The number of nitrogens with zero attached hydrogens (tertiary/aromatic N) is 1. The molecule has 1 aromatic rings. The Labute approximate surface area is 121 Å². The van der Waals surface area contributed by atoms with Crippen LogP contribution in [0, 0.1) is 17.0 Å². The lowest BCUT2D eigenvalue weighted by molar-refractivity contribution is -0.384. The van der Waals surface area contributed by atoms with Gasteiger partial charge in [-0.25, -0.2) is 0 Å². The van der Waals surface area contributed by atoms with E-state index in [1.54, 1.807) is 13.0 Å². The summed E-state index contributed by atoms with van der Waals surface area (Å²) in [7, 11) is 0. The minimum Gasteiger partial charge on any atom is -0.388 e. The lowest BCUT2D eigenvalue weighted by Gasteiger charge is -2.39. The number of rotatable bonds is 3. The Hall–Kier alpha value is -1.74. The predicted octanol–water partition coefficient (Wildman–Crippen LogP) is 0.143. The first-order chi connectivity index (χ1) is 9.81. The number of benzene rings is 1. The molecule has 0 unspecified atom stereocenters. The highest BCUT2D eigenvalue weighted by atomic mass is 16.6. The molecular weight excluding hydrogens is 280 g/mol. The van der Waals surface area contributed by atoms with Gasteiger partial charge in [-0.05, 0) is 25.5 Å². The molecule has 1 aliphatic heterocycles. The minimum atomic E-state index is -1.41. The van der Waals surface area contributed by atoms with Gasteiger partial charge in [0.05, 0.1) is 11.0 Å². The molecular formula is C13H18N2O6. The smallest absolute Gasteiger partial charge is 0.292 e. The average molecular weight is 298 g/mol. The van der Waals surface area contributed by atoms with E-state index in [-0.39, 0.29) is 11.4 Å². The Bertz CT molecular complexity index is 537. The lowest BCUT2D eigenvalue weighted by Crippen LogP contribution is -2.58. The summed E-state index contributed by atoms with van der Waals surface area (Å²) in [5.74, 6) is 0. The van der Waals surface area contributed by atoms with Gasteiger partial charge in [0.25, 0.3) is 5.69 Å². The van der Waals surface area contributed by atoms with Gasteiger partial charge in [0.1, 0.15) is 24.0 Å².